The number of piperidine rings is 1. The number of hydrogen-bond donors (Lipinski definition) is 1. The van der Waals surface area contributed by atoms with E-state index >= 15 is 0 Å². The van der Waals surface area contributed by atoms with Gasteiger partial charge >= 0.3 is 5.97 Å². The summed E-state index contributed by atoms with van der Waals surface area (Å²) in [5, 5.41) is 3.22. The van der Waals surface area contributed by atoms with Gasteiger partial charge in [0.05, 0.1) is 7.11 Å². The molecule has 0 amide bonds. The maximum Gasteiger partial charge on any atom is 0.326 e. The third-order valence-corrected chi connectivity index (χ3v) is 5.43. The fourth-order valence-electron chi connectivity index (χ4n) is 3.89. The molecular weight excluding hydrogens is 240 g/mol. The minimum atomic E-state index is -0.459. The summed E-state index contributed by atoms with van der Waals surface area (Å²) in [6, 6.07) is 1.15. The predicted octanol–water partition coefficient (Wildman–Crippen LogP) is 1.79. The molecular formula is C15H28N2O2. The minimum absolute atomic E-state index is 0.102. The summed E-state index contributed by atoms with van der Waals surface area (Å²) < 4.78 is 4.99. The lowest BCUT2D eigenvalue weighted by Crippen LogP contribution is -2.52. The summed E-state index contributed by atoms with van der Waals surface area (Å²) in [5.41, 5.74) is -0.459. The molecule has 4 atom stereocenters. The lowest BCUT2D eigenvalue weighted by atomic mass is 9.90. The molecule has 1 saturated carbocycles. The Kier molecular flexibility index (Phi) is 4.51. The van der Waals surface area contributed by atoms with Gasteiger partial charge in [-0.1, -0.05) is 6.92 Å². The summed E-state index contributed by atoms with van der Waals surface area (Å²) >= 11 is 0. The Morgan fingerprint density at radius 3 is 2.74 bits per heavy atom. The monoisotopic (exact) mass is 268 g/mol. The van der Waals surface area contributed by atoms with Crippen LogP contribution in [0.2, 0.25) is 0 Å². The number of ether oxygens (including phenoxy) is 1. The van der Waals surface area contributed by atoms with E-state index in [0.29, 0.717) is 12.1 Å². The molecule has 2 rings (SSSR count). The van der Waals surface area contributed by atoms with Crippen LogP contribution in [-0.2, 0) is 9.53 Å². The molecule has 4 heteroatoms. The molecule has 1 saturated heterocycles. The van der Waals surface area contributed by atoms with Crippen molar-refractivity contribution in [1.29, 1.82) is 0 Å². The molecule has 0 aromatic carbocycles. The van der Waals surface area contributed by atoms with Crippen molar-refractivity contribution in [3.05, 3.63) is 0 Å². The molecule has 0 aromatic heterocycles. The summed E-state index contributed by atoms with van der Waals surface area (Å²) in [5.74, 6) is 0.659. The van der Waals surface area contributed by atoms with Gasteiger partial charge in [-0.2, -0.15) is 0 Å². The zero-order valence-electron chi connectivity index (χ0n) is 12.7. The fraction of sp³-hybridized carbons (Fsp3) is 0.933. The summed E-state index contributed by atoms with van der Waals surface area (Å²) in [7, 11) is 3.36. The number of esters is 1. The highest BCUT2D eigenvalue weighted by molar-refractivity contribution is 5.81. The second-order valence-electron chi connectivity index (χ2n) is 6.32. The van der Waals surface area contributed by atoms with Crippen LogP contribution in [0.4, 0.5) is 0 Å². The van der Waals surface area contributed by atoms with E-state index in [4.69, 9.17) is 4.74 Å². The average molecular weight is 268 g/mol. The Balaban J connectivity index is 2.06. The fourth-order valence-corrected chi connectivity index (χ4v) is 3.89. The zero-order chi connectivity index (χ0) is 14.0. The van der Waals surface area contributed by atoms with Gasteiger partial charge in [-0.3, -0.25) is 9.69 Å². The first-order valence-corrected chi connectivity index (χ1v) is 7.57. The van der Waals surface area contributed by atoms with Gasteiger partial charge in [0.2, 0.25) is 0 Å². The van der Waals surface area contributed by atoms with Crippen molar-refractivity contribution in [2.75, 3.05) is 20.7 Å². The van der Waals surface area contributed by atoms with Gasteiger partial charge in [0.1, 0.15) is 5.54 Å². The van der Waals surface area contributed by atoms with E-state index in [1.165, 1.54) is 26.5 Å². The lowest BCUT2D eigenvalue weighted by Gasteiger charge is -2.42. The van der Waals surface area contributed by atoms with Crippen LogP contribution in [0.3, 0.4) is 0 Å². The Bertz CT molecular complexity index is 334. The highest BCUT2D eigenvalue weighted by Crippen LogP contribution is 2.37. The second kappa shape index (κ2) is 5.80. The maximum absolute atomic E-state index is 12.0. The minimum Gasteiger partial charge on any atom is -0.468 e. The number of rotatable bonds is 3. The quantitative estimate of drug-likeness (QED) is 0.792. The summed E-state index contributed by atoms with van der Waals surface area (Å²) in [6.07, 6.45) is 5.48. The van der Waals surface area contributed by atoms with Crippen LogP contribution >= 0.6 is 0 Å². The molecule has 4 unspecified atom stereocenters. The molecule has 2 aliphatic rings. The third-order valence-electron chi connectivity index (χ3n) is 5.43. The SMILES string of the molecule is CNC1(C(=O)OC)CCC(N2CCCC(C)C2C)C1. The molecule has 4 nitrogen and oxygen atoms in total. The van der Waals surface area contributed by atoms with E-state index in [-0.39, 0.29) is 5.97 Å². The van der Waals surface area contributed by atoms with Crippen LogP contribution in [0.5, 0.6) is 0 Å². The Morgan fingerprint density at radius 2 is 2.11 bits per heavy atom. The highest BCUT2D eigenvalue weighted by atomic mass is 16.5. The third kappa shape index (κ3) is 2.65. The van der Waals surface area contributed by atoms with Crippen molar-refractivity contribution in [3.63, 3.8) is 0 Å². The summed E-state index contributed by atoms with van der Waals surface area (Å²) in [4.78, 5) is 14.7. The first-order chi connectivity index (χ1) is 9.04. The number of carbonyl (C=O) groups is 1. The largest absolute Gasteiger partial charge is 0.468 e. The number of nitrogens with one attached hydrogen (secondary N) is 1. The van der Waals surface area contributed by atoms with E-state index in [1.807, 2.05) is 7.05 Å². The smallest absolute Gasteiger partial charge is 0.326 e. The van der Waals surface area contributed by atoms with E-state index in [9.17, 15) is 4.79 Å². The molecule has 0 aromatic rings. The topological polar surface area (TPSA) is 41.6 Å². The molecule has 1 aliphatic carbocycles. The van der Waals surface area contributed by atoms with Crippen LogP contribution in [-0.4, -0.2) is 49.2 Å². The van der Waals surface area contributed by atoms with Gasteiger partial charge in [-0.25, -0.2) is 0 Å². The number of likely N-dealkylation sites (tertiary alicyclic amines) is 1. The van der Waals surface area contributed by atoms with Crippen molar-refractivity contribution in [3.8, 4) is 0 Å². The van der Waals surface area contributed by atoms with Crippen molar-refractivity contribution >= 4 is 5.97 Å². The van der Waals surface area contributed by atoms with E-state index in [1.54, 1.807) is 0 Å². The van der Waals surface area contributed by atoms with Gasteiger partial charge in [0, 0.05) is 12.1 Å². The van der Waals surface area contributed by atoms with Gasteiger partial charge in [-0.05, 0) is 58.5 Å². The number of hydrogen-bond acceptors (Lipinski definition) is 4. The van der Waals surface area contributed by atoms with Crippen molar-refractivity contribution < 1.29 is 9.53 Å². The molecule has 0 radical (unpaired) electrons. The zero-order valence-corrected chi connectivity index (χ0v) is 12.7. The number of nitrogens with zero attached hydrogens (tertiary/aromatic N) is 1. The maximum atomic E-state index is 12.0. The standard InChI is InChI=1S/C15H28N2O2/c1-11-6-5-9-17(12(11)2)13-7-8-15(10-13,16-3)14(18)19-4/h11-13,16H,5-10H2,1-4H3. The van der Waals surface area contributed by atoms with Crippen molar-refractivity contribution in [2.45, 2.75) is 63.6 Å². The summed E-state index contributed by atoms with van der Waals surface area (Å²) in [6.45, 7) is 5.86. The molecule has 0 bridgehead atoms. The van der Waals surface area contributed by atoms with Crippen LogP contribution in [0.1, 0.15) is 46.0 Å². The van der Waals surface area contributed by atoms with Crippen LogP contribution < -0.4 is 5.32 Å². The molecule has 19 heavy (non-hydrogen) atoms. The normalized spacial score (nSPS) is 40.3. The van der Waals surface area contributed by atoms with E-state index < -0.39 is 5.54 Å². The Labute approximate surface area is 116 Å². The van der Waals surface area contributed by atoms with Crippen LogP contribution in [0.25, 0.3) is 0 Å². The first kappa shape index (κ1) is 14.8. The molecule has 2 fully saturated rings. The number of methoxy groups -OCH3 is 1. The molecule has 1 N–H and O–H groups in total. The van der Waals surface area contributed by atoms with Gasteiger partial charge in [0.15, 0.2) is 0 Å². The Hall–Kier alpha value is -0.610. The number of likely N-dealkylation sites (N-methyl/N-ethyl adjacent to an activating group) is 1. The van der Waals surface area contributed by atoms with Gasteiger partial charge in [0.25, 0.3) is 0 Å². The molecule has 1 aliphatic heterocycles. The van der Waals surface area contributed by atoms with Gasteiger partial charge in [-0.15, -0.1) is 0 Å². The average Bonchev–Trinajstić information content (AvgIpc) is 2.86. The van der Waals surface area contributed by atoms with Gasteiger partial charge < -0.3 is 10.1 Å². The van der Waals surface area contributed by atoms with Crippen LogP contribution in [0, 0.1) is 5.92 Å². The lowest BCUT2D eigenvalue weighted by molar-refractivity contribution is -0.148. The molecule has 110 valence electrons. The second-order valence-corrected chi connectivity index (χ2v) is 6.32. The van der Waals surface area contributed by atoms with Crippen LogP contribution in [0.15, 0.2) is 0 Å². The van der Waals surface area contributed by atoms with E-state index in [2.05, 4.69) is 24.1 Å². The molecule has 0 spiro atoms. The van der Waals surface area contributed by atoms with E-state index in [0.717, 1.165) is 25.2 Å². The predicted molar refractivity (Wildman–Crippen MR) is 76.0 cm³/mol. The molecule has 1 heterocycles. The Morgan fingerprint density at radius 1 is 1.37 bits per heavy atom. The highest BCUT2D eigenvalue weighted by Gasteiger charge is 2.47. The number of carbonyl (C=O) groups excluding carboxylic acids is 1. The van der Waals surface area contributed by atoms with Crippen molar-refractivity contribution in [1.82, 2.24) is 10.2 Å². The first-order valence-electron chi connectivity index (χ1n) is 7.57. The van der Waals surface area contributed by atoms with Crippen molar-refractivity contribution in [2.24, 2.45) is 5.92 Å².